The third-order valence-electron chi connectivity index (χ3n) is 6.67. The summed E-state index contributed by atoms with van der Waals surface area (Å²) in [4.78, 5) is 21.8. The molecule has 0 amide bonds. The van der Waals surface area contributed by atoms with Gasteiger partial charge in [-0.15, -0.1) is 11.6 Å². The van der Waals surface area contributed by atoms with Crippen LogP contribution >= 0.6 is 11.6 Å². The van der Waals surface area contributed by atoms with Crippen LogP contribution in [0.2, 0.25) is 36.3 Å². The molecule has 0 fully saturated rings. The normalized spacial score (nSPS) is 12.7. The molecule has 1 aromatic rings. The number of methoxy groups -OCH3 is 1. The van der Waals surface area contributed by atoms with E-state index in [1.54, 1.807) is 0 Å². The van der Waals surface area contributed by atoms with Crippen molar-refractivity contribution < 1.29 is 23.3 Å². The number of rotatable bonds is 11. The molecule has 0 radical (unpaired) electrons. The maximum Gasteiger partial charge on any atom is 0.365 e. The summed E-state index contributed by atoms with van der Waals surface area (Å²) in [6.45, 7) is 23.9. The Kier molecular flexibility index (Phi) is 13.4. The Bertz CT molecular complexity index is 817. The van der Waals surface area contributed by atoms with Gasteiger partial charge in [0.15, 0.2) is 16.6 Å². The van der Waals surface area contributed by atoms with Gasteiger partial charge in [-0.05, 0) is 49.1 Å². The molecule has 0 N–H and O–H groups in total. The Morgan fingerprint density at radius 1 is 1.03 bits per heavy atom. The van der Waals surface area contributed by atoms with Crippen molar-refractivity contribution in [2.45, 2.75) is 97.2 Å². The molecule has 0 atom stereocenters. The van der Waals surface area contributed by atoms with E-state index in [1.807, 2.05) is 0 Å². The molecule has 0 unspecified atom stereocenters. The number of hydrogen-bond acceptors (Lipinski definition) is 7. The Balaban J connectivity index is 0.000000814. The van der Waals surface area contributed by atoms with Gasteiger partial charge in [-0.3, -0.25) is 14.8 Å². The zero-order valence-corrected chi connectivity index (χ0v) is 26.2. The highest BCUT2D eigenvalue weighted by Crippen LogP contribution is 2.37. The molecule has 0 spiro atoms. The number of carbonyl (C=O) groups excluding carboxylic acids is 1. The van der Waals surface area contributed by atoms with E-state index < -0.39 is 27.5 Å². The van der Waals surface area contributed by atoms with Crippen LogP contribution in [0.15, 0.2) is 6.20 Å². The zero-order valence-electron chi connectivity index (χ0n) is 23.5. The van der Waals surface area contributed by atoms with Crippen molar-refractivity contribution in [3.63, 3.8) is 0 Å². The van der Waals surface area contributed by atoms with Crippen molar-refractivity contribution in [3.8, 4) is 0 Å². The van der Waals surface area contributed by atoms with E-state index in [-0.39, 0.29) is 16.4 Å². The number of nitrogens with zero attached hydrogens (tertiary/aromatic N) is 3. The Morgan fingerprint density at radius 2 is 1.49 bits per heavy atom. The summed E-state index contributed by atoms with van der Waals surface area (Å²) >= 11 is 5.58. The van der Waals surface area contributed by atoms with E-state index in [1.165, 1.54) is 10.9 Å². The summed E-state index contributed by atoms with van der Waals surface area (Å²) in [5.41, 5.74) is -0.620. The molecule has 1 heterocycles. The minimum absolute atomic E-state index is 0.134. The second-order valence-corrected chi connectivity index (χ2v) is 21.5. The lowest BCUT2D eigenvalue weighted by molar-refractivity contribution is -0.385. The van der Waals surface area contributed by atoms with E-state index in [0.717, 1.165) is 20.1 Å². The number of nitro groups is 1. The Morgan fingerprint density at radius 3 is 1.86 bits per heavy atom. The fourth-order valence-corrected chi connectivity index (χ4v) is 4.55. The molecule has 0 aliphatic carbocycles. The molecule has 35 heavy (non-hydrogen) atoms. The molecule has 1 rings (SSSR count). The maximum absolute atomic E-state index is 11.5. The highest BCUT2D eigenvalue weighted by Gasteiger charge is 2.37. The van der Waals surface area contributed by atoms with Gasteiger partial charge in [0.1, 0.15) is 6.20 Å². The smallest absolute Gasteiger partial charge is 0.365 e. The number of alkyl halides is 1. The first-order chi connectivity index (χ1) is 15.8. The van der Waals surface area contributed by atoms with Gasteiger partial charge in [-0.1, -0.05) is 41.5 Å². The van der Waals surface area contributed by atoms with E-state index in [0.29, 0.717) is 30.5 Å². The average Bonchev–Trinajstić information content (AvgIpc) is 3.14. The molecule has 0 aliphatic rings. The molecule has 1 aromatic heterocycles. The number of ether oxygens (including phenoxy) is 1. The number of esters is 1. The summed E-state index contributed by atoms with van der Waals surface area (Å²) in [5, 5.41) is 15.3. The predicted molar refractivity (Wildman–Crippen MR) is 146 cm³/mol. The highest BCUT2D eigenvalue weighted by atomic mass is 35.5. The third-order valence-corrected chi connectivity index (χ3v) is 16.0. The van der Waals surface area contributed by atoms with Crippen LogP contribution in [0.4, 0.5) is 5.69 Å². The van der Waals surface area contributed by atoms with Gasteiger partial charge >= 0.3 is 11.7 Å². The summed E-state index contributed by atoms with van der Waals surface area (Å²) in [5.74, 6) is -0.109. The quantitative estimate of drug-likeness (QED) is 0.0758. The Hall–Kier alpha value is -1.28. The van der Waals surface area contributed by atoms with Crippen LogP contribution in [0.1, 0.15) is 64.9 Å². The molecular formula is C23H46ClN3O6Si2. The molecule has 0 saturated heterocycles. The van der Waals surface area contributed by atoms with Crippen LogP contribution in [0, 0.1) is 10.1 Å². The first kappa shape index (κ1) is 33.7. The van der Waals surface area contributed by atoms with Crippen LogP contribution in [-0.4, -0.2) is 63.5 Å². The highest BCUT2D eigenvalue weighted by molar-refractivity contribution is 6.74. The topological polar surface area (TPSA) is 106 Å². The van der Waals surface area contributed by atoms with Crippen molar-refractivity contribution in [2.24, 2.45) is 0 Å². The van der Waals surface area contributed by atoms with Gasteiger partial charge in [-0.2, -0.15) is 5.10 Å². The maximum atomic E-state index is 11.5. The van der Waals surface area contributed by atoms with Crippen LogP contribution in [0.5, 0.6) is 0 Å². The van der Waals surface area contributed by atoms with Crippen molar-refractivity contribution in [1.29, 1.82) is 0 Å². The lowest BCUT2D eigenvalue weighted by atomic mass is 10.2. The second-order valence-electron chi connectivity index (χ2n) is 11.5. The number of halogens is 1. The average molecular weight is 552 g/mol. The first-order valence-corrected chi connectivity index (χ1v) is 18.3. The predicted octanol–water partition coefficient (Wildman–Crippen LogP) is 6.63. The van der Waals surface area contributed by atoms with Crippen molar-refractivity contribution >= 4 is 39.9 Å². The van der Waals surface area contributed by atoms with Crippen LogP contribution < -0.4 is 0 Å². The van der Waals surface area contributed by atoms with Gasteiger partial charge in [0.2, 0.25) is 5.69 Å². The molecule has 0 aliphatic heterocycles. The minimum Gasteiger partial charge on any atom is -0.464 e. The molecule has 12 heteroatoms. The number of aryl methyl sites for hydroxylation is 1. The van der Waals surface area contributed by atoms with E-state index in [2.05, 4.69) is 77.6 Å². The fraction of sp³-hybridized carbons (Fsp3) is 0.826. The molecular weight excluding hydrogens is 506 g/mol. The molecule has 0 bridgehead atoms. The van der Waals surface area contributed by atoms with E-state index in [9.17, 15) is 14.9 Å². The SMILES string of the molecule is CC(C)(C)[Si](C)(C)OCCCCl.COC(=O)c1nn(CCCO[Si](C)(C)C(C)(C)C)cc1[N+](=O)[O-]. The zero-order chi connectivity index (χ0) is 27.7. The standard InChI is InChI=1S/C14H25N3O5Si.C9H21ClOSi/c1-14(2,3)23(5,6)22-9-7-8-16-10-11(17(19)20)12(15-16)13(18)21-4;1-9(2,3)12(4,5)11-8-6-7-10/h10H,7-9H2,1-6H3;6-8H2,1-5H3. The summed E-state index contributed by atoms with van der Waals surface area (Å²) in [7, 11) is -2.14. The monoisotopic (exact) mass is 551 g/mol. The van der Waals surface area contributed by atoms with Crippen molar-refractivity contribution in [2.75, 3.05) is 26.2 Å². The van der Waals surface area contributed by atoms with Crippen LogP contribution in [0.25, 0.3) is 0 Å². The lowest BCUT2D eigenvalue weighted by Crippen LogP contribution is -2.41. The van der Waals surface area contributed by atoms with E-state index >= 15 is 0 Å². The van der Waals surface area contributed by atoms with Crippen molar-refractivity contribution in [1.82, 2.24) is 9.78 Å². The number of hydrogen-bond donors (Lipinski definition) is 0. The Labute approximate surface area is 218 Å². The number of aromatic nitrogens is 2. The van der Waals surface area contributed by atoms with Gasteiger partial charge in [0.25, 0.3) is 0 Å². The fourth-order valence-electron chi connectivity index (χ4n) is 2.27. The van der Waals surface area contributed by atoms with Gasteiger partial charge in [0.05, 0.1) is 12.0 Å². The second kappa shape index (κ2) is 13.9. The largest absolute Gasteiger partial charge is 0.464 e. The van der Waals surface area contributed by atoms with Crippen molar-refractivity contribution in [3.05, 3.63) is 22.0 Å². The third kappa shape index (κ3) is 11.1. The summed E-state index contributed by atoms with van der Waals surface area (Å²) in [6, 6.07) is 0. The molecule has 204 valence electrons. The van der Waals surface area contributed by atoms with Gasteiger partial charge in [-0.25, -0.2) is 4.79 Å². The first-order valence-electron chi connectivity index (χ1n) is 11.9. The molecule has 9 nitrogen and oxygen atoms in total. The van der Waals surface area contributed by atoms with Crippen LogP contribution in [-0.2, 0) is 20.1 Å². The molecule has 0 aromatic carbocycles. The van der Waals surface area contributed by atoms with Gasteiger partial charge < -0.3 is 13.6 Å². The summed E-state index contributed by atoms with van der Waals surface area (Å²) < 4.78 is 17.8. The van der Waals surface area contributed by atoms with Gasteiger partial charge in [0, 0.05) is 25.6 Å². The van der Waals surface area contributed by atoms with E-state index in [4.69, 9.17) is 20.5 Å². The minimum atomic E-state index is -1.80. The summed E-state index contributed by atoms with van der Waals surface area (Å²) in [6.07, 6.45) is 2.87. The van der Waals surface area contributed by atoms with Crippen LogP contribution in [0.3, 0.4) is 0 Å². The number of carbonyl (C=O) groups is 1. The molecule has 0 saturated carbocycles. The lowest BCUT2D eigenvalue weighted by Gasteiger charge is -2.36.